The standard InChI is InChI=1S/C29H35ClFN3O2/c1-5-17-32-27(35)22-11-9-21(10-12-22)19(4)34-28(36)26(23-7-6-8-24(30)25(23)31)33-29(34)15-13-20(14-16-29)18(2)3/h6-12,18-20H,5,13-17H2,1-4H3,(H,32,35). The van der Waals surface area contributed by atoms with E-state index in [-0.39, 0.29) is 34.2 Å². The van der Waals surface area contributed by atoms with Gasteiger partial charge >= 0.3 is 0 Å². The second-order valence-corrected chi connectivity index (χ2v) is 10.8. The van der Waals surface area contributed by atoms with Crippen molar-refractivity contribution in [2.75, 3.05) is 6.54 Å². The minimum absolute atomic E-state index is 0.0241. The Hall–Kier alpha value is -2.73. The molecule has 1 spiro atoms. The van der Waals surface area contributed by atoms with E-state index < -0.39 is 11.5 Å². The first kappa shape index (κ1) is 26.3. The van der Waals surface area contributed by atoms with E-state index in [1.165, 1.54) is 6.07 Å². The fourth-order valence-electron chi connectivity index (χ4n) is 5.54. The molecule has 4 rings (SSSR count). The van der Waals surface area contributed by atoms with Gasteiger partial charge in [0.15, 0.2) is 5.82 Å². The number of nitrogens with zero attached hydrogens (tertiary/aromatic N) is 2. The third-order valence-electron chi connectivity index (χ3n) is 7.75. The molecule has 2 aliphatic rings. The minimum atomic E-state index is -0.719. The summed E-state index contributed by atoms with van der Waals surface area (Å²) in [7, 11) is 0. The van der Waals surface area contributed by atoms with Gasteiger partial charge in [0.05, 0.1) is 11.1 Å². The van der Waals surface area contributed by atoms with Crippen LogP contribution < -0.4 is 5.32 Å². The first-order valence-corrected chi connectivity index (χ1v) is 13.3. The minimum Gasteiger partial charge on any atom is -0.352 e. The molecule has 0 saturated heterocycles. The van der Waals surface area contributed by atoms with Crippen LogP contribution in [-0.2, 0) is 4.79 Å². The van der Waals surface area contributed by atoms with Gasteiger partial charge in [-0.05, 0) is 80.7 Å². The Balaban J connectivity index is 1.68. The van der Waals surface area contributed by atoms with E-state index in [2.05, 4.69) is 19.2 Å². The van der Waals surface area contributed by atoms with Crippen molar-refractivity contribution in [1.29, 1.82) is 0 Å². The largest absolute Gasteiger partial charge is 0.352 e. The highest BCUT2D eigenvalue weighted by Crippen LogP contribution is 2.47. The highest BCUT2D eigenvalue weighted by atomic mass is 35.5. The van der Waals surface area contributed by atoms with Gasteiger partial charge < -0.3 is 10.2 Å². The predicted molar refractivity (Wildman–Crippen MR) is 142 cm³/mol. The quantitative estimate of drug-likeness (QED) is 0.458. The zero-order valence-electron chi connectivity index (χ0n) is 21.5. The molecule has 36 heavy (non-hydrogen) atoms. The zero-order chi connectivity index (χ0) is 26.0. The molecule has 2 amide bonds. The molecule has 2 aromatic rings. The first-order valence-electron chi connectivity index (χ1n) is 12.9. The SMILES string of the molecule is CCCNC(=O)c1ccc(C(C)N2C(=O)C(c3cccc(Cl)c3F)=NC23CCC(C(C)C)CC3)cc1. The zero-order valence-corrected chi connectivity index (χ0v) is 22.2. The summed E-state index contributed by atoms with van der Waals surface area (Å²) in [4.78, 5) is 33.0. The van der Waals surface area contributed by atoms with Crippen molar-refractivity contribution in [3.8, 4) is 0 Å². The second kappa shape index (κ2) is 10.7. The van der Waals surface area contributed by atoms with Gasteiger partial charge in [0.1, 0.15) is 11.4 Å². The average molecular weight is 512 g/mol. The lowest BCUT2D eigenvalue weighted by Crippen LogP contribution is -2.50. The number of aliphatic imine (C=N–C) groups is 1. The van der Waals surface area contributed by atoms with Gasteiger partial charge in [-0.25, -0.2) is 4.39 Å². The molecule has 1 aliphatic carbocycles. The van der Waals surface area contributed by atoms with Crippen LogP contribution in [0.2, 0.25) is 5.02 Å². The summed E-state index contributed by atoms with van der Waals surface area (Å²) in [5.74, 6) is 0.126. The van der Waals surface area contributed by atoms with Crippen molar-refractivity contribution in [2.24, 2.45) is 16.8 Å². The van der Waals surface area contributed by atoms with Gasteiger partial charge in [-0.15, -0.1) is 0 Å². The fourth-order valence-corrected chi connectivity index (χ4v) is 5.71. The number of halogens is 2. The fraction of sp³-hybridized carbons (Fsp3) is 0.483. The van der Waals surface area contributed by atoms with Crippen LogP contribution in [0.25, 0.3) is 0 Å². The molecule has 2 aromatic carbocycles. The number of carbonyl (C=O) groups excluding carboxylic acids is 2. The van der Waals surface area contributed by atoms with Crippen LogP contribution in [-0.4, -0.2) is 34.6 Å². The Morgan fingerprint density at radius 1 is 1.17 bits per heavy atom. The Bertz CT molecular complexity index is 1150. The smallest absolute Gasteiger partial charge is 0.275 e. The number of carbonyl (C=O) groups is 2. The molecule has 0 radical (unpaired) electrons. The molecular weight excluding hydrogens is 477 g/mol. The van der Waals surface area contributed by atoms with Crippen molar-refractivity contribution in [3.05, 3.63) is 70.0 Å². The van der Waals surface area contributed by atoms with Crippen molar-refractivity contribution in [1.82, 2.24) is 10.2 Å². The van der Waals surface area contributed by atoms with E-state index in [9.17, 15) is 14.0 Å². The number of nitrogens with one attached hydrogen (secondary N) is 1. The molecule has 1 atom stereocenters. The van der Waals surface area contributed by atoms with Gasteiger partial charge in [-0.2, -0.15) is 0 Å². The molecule has 1 aliphatic heterocycles. The molecule has 0 bridgehead atoms. The molecule has 192 valence electrons. The van der Waals surface area contributed by atoms with E-state index in [1.807, 2.05) is 30.9 Å². The van der Waals surface area contributed by atoms with Crippen molar-refractivity contribution >= 4 is 29.1 Å². The van der Waals surface area contributed by atoms with E-state index in [0.29, 0.717) is 23.9 Å². The third-order valence-corrected chi connectivity index (χ3v) is 8.04. The van der Waals surface area contributed by atoms with Crippen LogP contribution in [0.1, 0.15) is 87.3 Å². The van der Waals surface area contributed by atoms with E-state index >= 15 is 0 Å². The monoisotopic (exact) mass is 511 g/mol. The number of hydrogen-bond donors (Lipinski definition) is 1. The van der Waals surface area contributed by atoms with Crippen LogP contribution in [0, 0.1) is 17.7 Å². The van der Waals surface area contributed by atoms with Gasteiger partial charge in [0.2, 0.25) is 0 Å². The number of hydrogen-bond acceptors (Lipinski definition) is 3. The van der Waals surface area contributed by atoms with E-state index in [1.54, 1.807) is 24.3 Å². The molecule has 5 nitrogen and oxygen atoms in total. The summed E-state index contributed by atoms with van der Waals surface area (Å²) >= 11 is 6.05. The van der Waals surface area contributed by atoms with Gasteiger partial charge in [0.25, 0.3) is 11.8 Å². The van der Waals surface area contributed by atoms with E-state index in [4.69, 9.17) is 16.6 Å². The number of rotatable bonds is 7. The Morgan fingerprint density at radius 3 is 2.44 bits per heavy atom. The average Bonchev–Trinajstić information content (AvgIpc) is 3.15. The molecular formula is C29H35ClFN3O2. The topological polar surface area (TPSA) is 61.8 Å². The summed E-state index contributed by atoms with van der Waals surface area (Å²) in [5.41, 5.74) is 1.06. The Labute approximate surface area is 218 Å². The van der Waals surface area contributed by atoms with Crippen molar-refractivity contribution < 1.29 is 14.0 Å². The lowest BCUT2D eigenvalue weighted by molar-refractivity contribution is -0.132. The molecule has 1 saturated carbocycles. The highest BCUT2D eigenvalue weighted by Gasteiger charge is 2.51. The summed E-state index contributed by atoms with van der Waals surface area (Å²) in [6.07, 6.45) is 4.25. The van der Waals surface area contributed by atoms with Gasteiger partial charge in [-0.3, -0.25) is 14.6 Å². The Kier molecular flexibility index (Phi) is 7.84. The van der Waals surface area contributed by atoms with Crippen LogP contribution in [0.15, 0.2) is 47.5 Å². The van der Waals surface area contributed by atoms with Crippen LogP contribution in [0.4, 0.5) is 4.39 Å². The molecule has 1 fully saturated rings. The second-order valence-electron chi connectivity index (χ2n) is 10.4. The Morgan fingerprint density at radius 2 is 1.83 bits per heavy atom. The lowest BCUT2D eigenvalue weighted by atomic mass is 9.76. The van der Waals surface area contributed by atoms with E-state index in [0.717, 1.165) is 37.7 Å². The first-order chi connectivity index (χ1) is 17.2. The molecule has 0 aromatic heterocycles. The summed E-state index contributed by atoms with van der Waals surface area (Å²) in [6.45, 7) is 9.08. The highest BCUT2D eigenvalue weighted by molar-refractivity contribution is 6.47. The maximum atomic E-state index is 15.0. The van der Waals surface area contributed by atoms with Crippen LogP contribution in [0.5, 0.6) is 0 Å². The molecule has 1 unspecified atom stereocenters. The number of benzene rings is 2. The summed E-state index contributed by atoms with van der Waals surface area (Å²) < 4.78 is 15.0. The number of amides is 2. The summed E-state index contributed by atoms with van der Waals surface area (Å²) in [6, 6.07) is 11.8. The lowest BCUT2D eigenvalue weighted by Gasteiger charge is -2.45. The van der Waals surface area contributed by atoms with Gasteiger partial charge in [-0.1, -0.05) is 50.6 Å². The van der Waals surface area contributed by atoms with Crippen LogP contribution >= 0.6 is 11.6 Å². The van der Waals surface area contributed by atoms with Gasteiger partial charge in [0, 0.05) is 17.7 Å². The molecule has 1 N–H and O–H groups in total. The predicted octanol–water partition coefficient (Wildman–Crippen LogP) is 6.55. The third kappa shape index (κ3) is 4.93. The molecule has 1 heterocycles. The maximum absolute atomic E-state index is 15.0. The summed E-state index contributed by atoms with van der Waals surface area (Å²) in [5, 5.41) is 2.86. The van der Waals surface area contributed by atoms with Crippen molar-refractivity contribution in [2.45, 2.75) is 71.5 Å². The van der Waals surface area contributed by atoms with Crippen molar-refractivity contribution in [3.63, 3.8) is 0 Å². The normalized spacial score (nSPS) is 22.8. The molecule has 7 heteroatoms. The van der Waals surface area contributed by atoms with Crippen LogP contribution in [0.3, 0.4) is 0 Å². The maximum Gasteiger partial charge on any atom is 0.275 e.